The smallest absolute Gasteiger partial charge is 0.119 e. The Labute approximate surface area is 103 Å². The van der Waals surface area contributed by atoms with Crippen molar-refractivity contribution in [1.82, 2.24) is 4.90 Å². The Morgan fingerprint density at radius 2 is 2.06 bits per heavy atom. The molecule has 3 heteroatoms. The molecule has 0 aliphatic heterocycles. The SMILES string of the molecule is CCCSc1ccc(OC)cc1CN(C)C. The molecule has 0 N–H and O–H groups in total. The second-order valence-electron chi connectivity index (χ2n) is 4.06. The van der Waals surface area contributed by atoms with Crippen molar-refractivity contribution in [2.24, 2.45) is 0 Å². The summed E-state index contributed by atoms with van der Waals surface area (Å²) in [6.07, 6.45) is 1.21. The summed E-state index contributed by atoms with van der Waals surface area (Å²) in [7, 11) is 5.90. The Morgan fingerprint density at radius 3 is 2.62 bits per heavy atom. The van der Waals surface area contributed by atoms with E-state index in [1.165, 1.54) is 22.6 Å². The van der Waals surface area contributed by atoms with Gasteiger partial charge in [-0.25, -0.2) is 0 Å². The lowest BCUT2D eigenvalue weighted by Gasteiger charge is -2.15. The largest absolute Gasteiger partial charge is 0.497 e. The van der Waals surface area contributed by atoms with E-state index in [0.717, 1.165) is 12.3 Å². The lowest BCUT2D eigenvalue weighted by atomic mass is 10.2. The molecule has 1 aromatic carbocycles. The molecule has 16 heavy (non-hydrogen) atoms. The fourth-order valence-corrected chi connectivity index (χ4v) is 2.40. The third-order valence-corrected chi connectivity index (χ3v) is 3.54. The lowest BCUT2D eigenvalue weighted by Crippen LogP contribution is -2.11. The molecule has 1 aromatic rings. The van der Waals surface area contributed by atoms with Crippen LogP contribution in [0.15, 0.2) is 23.1 Å². The molecule has 0 unspecified atom stereocenters. The normalized spacial score (nSPS) is 10.8. The van der Waals surface area contributed by atoms with Crippen LogP contribution in [-0.4, -0.2) is 31.9 Å². The Kier molecular flexibility index (Phi) is 5.71. The average Bonchev–Trinajstić information content (AvgIpc) is 2.26. The standard InChI is InChI=1S/C13H21NOS/c1-5-8-16-13-7-6-12(15-4)9-11(13)10-14(2)3/h6-7,9H,5,8,10H2,1-4H3. The van der Waals surface area contributed by atoms with Crippen LogP contribution in [0.25, 0.3) is 0 Å². The fourth-order valence-electron chi connectivity index (χ4n) is 1.50. The highest BCUT2D eigenvalue weighted by Gasteiger charge is 2.05. The number of hydrogen-bond acceptors (Lipinski definition) is 3. The first-order valence-electron chi connectivity index (χ1n) is 5.61. The minimum atomic E-state index is 0.942. The highest BCUT2D eigenvalue weighted by atomic mass is 32.2. The highest BCUT2D eigenvalue weighted by molar-refractivity contribution is 7.99. The Morgan fingerprint density at radius 1 is 1.31 bits per heavy atom. The van der Waals surface area contributed by atoms with Gasteiger partial charge in [0.25, 0.3) is 0 Å². The number of thioether (sulfide) groups is 1. The molecule has 0 atom stereocenters. The maximum Gasteiger partial charge on any atom is 0.119 e. The van der Waals surface area contributed by atoms with Gasteiger partial charge in [-0.3, -0.25) is 0 Å². The van der Waals surface area contributed by atoms with Gasteiger partial charge in [0.2, 0.25) is 0 Å². The minimum absolute atomic E-state index is 0.942. The first-order valence-corrected chi connectivity index (χ1v) is 6.60. The van der Waals surface area contributed by atoms with Gasteiger partial charge in [-0.05, 0) is 50.0 Å². The van der Waals surface area contributed by atoms with Crippen molar-refractivity contribution in [3.8, 4) is 5.75 Å². The molecule has 0 saturated heterocycles. The molecule has 0 amide bonds. The van der Waals surface area contributed by atoms with Gasteiger partial charge in [0, 0.05) is 11.4 Å². The van der Waals surface area contributed by atoms with E-state index in [0.29, 0.717) is 0 Å². The van der Waals surface area contributed by atoms with Crippen molar-refractivity contribution in [3.63, 3.8) is 0 Å². The van der Waals surface area contributed by atoms with Crippen LogP contribution in [0.5, 0.6) is 5.75 Å². The summed E-state index contributed by atoms with van der Waals surface area (Å²) in [5, 5.41) is 0. The summed E-state index contributed by atoms with van der Waals surface area (Å²) in [4.78, 5) is 3.56. The number of ether oxygens (including phenoxy) is 1. The Bertz CT molecular complexity index is 326. The van der Waals surface area contributed by atoms with Crippen molar-refractivity contribution in [2.75, 3.05) is 27.0 Å². The van der Waals surface area contributed by atoms with Crippen LogP contribution >= 0.6 is 11.8 Å². The Hall–Kier alpha value is -0.670. The summed E-state index contributed by atoms with van der Waals surface area (Å²) in [5.41, 5.74) is 1.35. The van der Waals surface area contributed by atoms with E-state index in [4.69, 9.17) is 4.74 Å². The van der Waals surface area contributed by atoms with Crippen LogP contribution < -0.4 is 4.74 Å². The molecule has 0 saturated carbocycles. The van der Waals surface area contributed by atoms with Gasteiger partial charge < -0.3 is 9.64 Å². The minimum Gasteiger partial charge on any atom is -0.497 e. The third-order valence-electron chi connectivity index (χ3n) is 2.22. The summed E-state index contributed by atoms with van der Waals surface area (Å²) in [6.45, 7) is 3.17. The van der Waals surface area contributed by atoms with Crippen LogP contribution in [0.2, 0.25) is 0 Å². The number of rotatable bonds is 6. The summed E-state index contributed by atoms with van der Waals surface area (Å²) < 4.78 is 5.27. The van der Waals surface area contributed by atoms with Gasteiger partial charge in [0.15, 0.2) is 0 Å². The summed E-state index contributed by atoms with van der Waals surface area (Å²) in [6, 6.07) is 6.34. The second-order valence-corrected chi connectivity index (χ2v) is 5.20. The van der Waals surface area contributed by atoms with Crippen LogP contribution in [0, 0.1) is 0 Å². The van der Waals surface area contributed by atoms with Gasteiger partial charge in [0.05, 0.1) is 7.11 Å². The second kappa shape index (κ2) is 6.81. The van der Waals surface area contributed by atoms with Gasteiger partial charge in [0.1, 0.15) is 5.75 Å². The van der Waals surface area contributed by atoms with Crippen LogP contribution in [0.1, 0.15) is 18.9 Å². The quantitative estimate of drug-likeness (QED) is 0.707. The molecule has 2 nitrogen and oxygen atoms in total. The summed E-state index contributed by atoms with van der Waals surface area (Å²) in [5.74, 6) is 2.12. The molecule has 0 bridgehead atoms. The summed E-state index contributed by atoms with van der Waals surface area (Å²) >= 11 is 1.93. The molecule has 0 aromatic heterocycles. The number of hydrogen-bond donors (Lipinski definition) is 0. The predicted octanol–water partition coefficient (Wildman–Crippen LogP) is 3.26. The maximum absolute atomic E-state index is 5.27. The Balaban J connectivity index is 2.87. The van der Waals surface area contributed by atoms with Gasteiger partial charge in [-0.15, -0.1) is 11.8 Å². The highest BCUT2D eigenvalue weighted by Crippen LogP contribution is 2.27. The first kappa shape index (κ1) is 13.4. The van der Waals surface area contributed by atoms with E-state index < -0.39 is 0 Å². The molecular weight excluding hydrogens is 218 g/mol. The molecule has 0 fully saturated rings. The van der Waals surface area contributed by atoms with Crippen molar-refractivity contribution in [1.29, 1.82) is 0 Å². The molecule has 90 valence electrons. The van der Waals surface area contributed by atoms with E-state index in [1.54, 1.807) is 7.11 Å². The molecule has 0 aliphatic carbocycles. The maximum atomic E-state index is 5.27. The van der Waals surface area contributed by atoms with E-state index in [-0.39, 0.29) is 0 Å². The fraction of sp³-hybridized carbons (Fsp3) is 0.538. The van der Waals surface area contributed by atoms with E-state index in [9.17, 15) is 0 Å². The number of nitrogens with zero attached hydrogens (tertiary/aromatic N) is 1. The molecule has 0 aliphatic rings. The molecule has 0 radical (unpaired) electrons. The zero-order chi connectivity index (χ0) is 12.0. The number of methoxy groups -OCH3 is 1. The van der Waals surface area contributed by atoms with Crippen LogP contribution in [-0.2, 0) is 6.54 Å². The van der Waals surface area contributed by atoms with Crippen molar-refractivity contribution in [3.05, 3.63) is 23.8 Å². The monoisotopic (exact) mass is 239 g/mol. The zero-order valence-corrected chi connectivity index (χ0v) is 11.4. The van der Waals surface area contributed by atoms with Crippen LogP contribution in [0.3, 0.4) is 0 Å². The van der Waals surface area contributed by atoms with Crippen molar-refractivity contribution < 1.29 is 4.74 Å². The number of benzene rings is 1. The molecule has 0 heterocycles. The average molecular weight is 239 g/mol. The van der Waals surface area contributed by atoms with Gasteiger partial charge >= 0.3 is 0 Å². The first-order chi connectivity index (χ1) is 7.67. The van der Waals surface area contributed by atoms with Crippen molar-refractivity contribution >= 4 is 11.8 Å². The topological polar surface area (TPSA) is 12.5 Å². The van der Waals surface area contributed by atoms with E-state index >= 15 is 0 Å². The van der Waals surface area contributed by atoms with Gasteiger partial charge in [-0.1, -0.05) is 6.92 Å². The van der Waals surface area contributed by atoms with Gasteiger partial charge in [-0.2, -0.15) is 0 Å². The van der Waals surface area contributed by atoms with E-state index in [2.05, 4.69) is 38.1 Å². The van der Waals surface area contributed by atoms with Crippen LogP contribution in [0.4, 0.5) is 0 Å². The molecule has 0 spiro atoms. The molecular formula is C13H21NOS. The molecule has 1 rings (SSSR count). The zero-order valence-electron chi connectivity index (χ0n) is 10.6. The lowest BCUT2D eigenvalue weighted by molar-refractivity contribution is 0.392. The van der Waals surface area contributed by atoms with E-state index in [1.807, 2.05) is 17.8 Å². The van der Waals surface area contributed by atoms with Crippen molar-refractivity contribution in [2.45, 2.75) is 24.8 Å². The third kappa shape index (κ3) is 4.06. The predicted molar refractivity (Wildman–Crippen MR) is 71.4 cm³/mol.